The van der Waals surface area contributed by atoms with Crippen LogP contribution in [0.15, 0.2) is 24.3 Å². The summed E-state index contributed by atoms with van der Waals surface area (Å²) in [7, 11) is 0. The number of ether oxygens (including phenoxy) is 1. The van der Waals surface area contributed by atoms with Crippen LogP contribution in [0.5, 0.6) is 5.75 Å². The molecule has 1 aliphatic carbocycles. The van der Waals surface area contributed by atoms with Crippen molar-refractivity contribution in [3.8, 4) is 5.75 Å². The van der Waals surface area contributed by atoms with E-state index in [1.807, 2.05) is 19.1 Å². The van der Waals surface area contributed by atoms with Crippen LogP contribution < -0.4 is 16.0 Å². The van der Waals surface area contributed by atoms with E-state index in [1.54, 1.807) is 0 Å². The van der Waals surface area contributed by atoms with Gasteiger partial charge in [0.1, 0.15) is 5.75 Å². The van der Waals surface area contributed by atoms with Crippen LogP contribution in [-0.4, -0.2) is 6.61 Å². The Kier molecular flexibility index (Phi) is 5.67. The highest BCUT2D eigenvalue weighted by atomic mass is 16.5. The van der Waals surface area contributed by atoms with Crippen molar-refractivity contribution >= 4 is 0 Å². The van der Waals surface area contributed by atoms with Gasteiger partial charge in [0.25, 0.3) is 0 Å². The highest BCUT2D eigenvalue weighted by Gasteiger charge is 2.18. The summed E-state index contributed by atoms with van der Waals surface area (Å²) in [6.07, 6.45) is 7.99. The third-order valence-corrected chi connectivity index (χ3v) is 4.11. The van der Waals surface area contributed by atoms with Crippen molar-refractivity contribution in [1.82, 2.24) is 5.43 Å². The summed E-state index contributed by atoms with van der Waals surface area (Å²) >= 11 is 0. The molecule has 1 aromatic carbocycles. The first kappa shape index (κ1) is 14.4. The van der Waals surface area contributed by atoms with Crippen LogP contribution >= 0.6 is 0 Å². The molecule has 0 bridgehead atoms. The fourth-order valence-electron chi connectivity index (χ4n) is 3.04. The number of hydrogen-bond acceptors (Lipinski definition) is 3. The molecule has 3 N–H and O–H groups in total. The van der Waals surface area contributed by atoms with Crippen molar-refractivity contribution in [3.05, 3.63) is 29.8 Å². The third kappa shape index (κ3) is 4.22. The first-order valence-electron chi connectivity index (χ1n) is 7.52. The van der Waals surface area contributed by atoms with Gasteiger partial charge < -0.3 is 4.74 Å². The fourth-order valence-corrected chi connectivity index (χ4v) is 3.04. The standard InChI is InChI=1S/C16H26N2O/c1-2-19-15-9-5-8-14(12-15)16(18-17)11-10-13-6-3-4-7-13/h5,8-9,12-13,16,18H,2-4,6-7,10-11,17H2,1H3. The molecule has 1 fully saturated rings. The molecule has 3 nitrogen and oxygen atoms in total. The zero-order chi connectivity index (χ0) is 13.5. The van der Waals surface area contributed by atoms with Crippen molar-refractivity contribution in [2.75, 3.05) is 6.61 Å². The van der Waals surface area contributed by atoms with Gasteiger partial charge in [-0.2, -0.15) is 0 Å². The second-order valence-electron chi connectivity index (χ2n) is 5.45. The molecule has 1 aromatic rings. The lowest BCUT2D eigenvalue weighted by molar-refractivity contribution is 0.338. The molecule has 106 valence electrons. The summed E-state index contributed by atoms with van der Waals surface area (Å²) in [5.41, 5.74) is 4.18. The number of benzene rings is 1. The second-order valence-corrected chi connectivity index (χ2v) is 5.45. The molecule has 1 saturated carbocycles. The van der Waals surface area contributed by atoms with Gasteiger partial charge in [0, 0.05) is 6.04 Å². The van der Waals surface area contributed by atoms with Gasteiger partial charge in [0.15, 0.2) is 0 Å². The number of nitrogens with two attached hydrogens (primary N) is 1. The first-order valence-corrected chi connectivity index (χ1v) is 7.52. The molecule has 2 rings (SSSR count). The molecule has 3 heteroatoms. The van der Waals surface area contributed by atoms with Gasteiger partial charge in [-0.05, 0) is 43.4 Å². The average Bonchev–Trinajstić information content (AvgIpc) is 2.94. The van der Waals surface area contributed by atoms with Crippen molar-refractivity contribution in [2.45, 2.75) is 51.5 Å². The van der Waals surface area contributed by atoms with E-state index >= 15 is 0 Å². The number of rotatable bonds is 7. The molecule has 0 aliphatic heterocycles. The van der Waals surface area contributed by atoms with Crippen molar-refractivity contribution in [1.29, 1.82) is 0 Å². The van der Waals surface area contributed by atoms with E-state index in [0.29, 0.717) is 6.61 Å². The zero-order valence-corrected chi connectivity index (χ0v) is 11.9. The molecule has 1 atom stereocenters. The maximum absolute atomic E-state index is 5.72. The van der Waals surface area contributed by atoms with Gasteiger partial charge >= 0.3 is 0 Å². The summed E-state index contributed by atoms with van der Waals surface area (Å²) in [5.74, 6) is 7.56. The van der Waals surface area contributed by atoms with Crippen LogP contribution in [0.3, 0.4) is 0 Å². The summed E-state index contributed by atoms with van der Waals surface area (Å²) < 4.78 is 5.55. The summed E-state index contributed by atoms with van der Waals surface area (Å²) in [4.78, 5) is 0. The van der Waals surface area contributed by atoms with E-state index in [4.69, 9.17) is 10.6 Å². The molecule has 0 radical (unpaired) electrons. The molecule has 19 heavy (non-hydrogen) atoms. The van der Waals surface area contributed by atoms with E-state index in [2.05, 4.69) is 17.6 Å². The predicted molar refractivity (Wildman–Crippen MR) is 78.9 cm³/mol. The van der Waals surface area contributed by atoms with Gasteiger partial charge in [0.05, 0.1) is 6.61 Å². The van der Waals surface area contributed by atoms with E-state index < -0.39 is 0 Å². The summed E-state index contributed by atoms with van der Waals surface area (Å²) in [5, 5.41) is 0. The number of hydrogen-bond donors (Lipinski definition) is 2. The predicted octanol–water partition coefficient (Wildman–Crippen LogP) is 3.56. The SMILES string of the molecule is CCOc1cccc(C(CCC2CCCC2)NN)c1. The molecule has 1 unspecified atom stereocenters. The topological polar surface area (TPSA) is 47.3 Å². The van der Waals surface area contributed by atoms with Crippen LogP contribution in [0, 0.1) is 5.92 Å². The summed E-state index contributed by atoms with van der Waals surface area (Å²) in [6, 6.07) is 8.50. The lowest BCUT2D eigenvalue weighted by Gasteiger charge is -2.19. The maximum atomic E-state index is 5.72. The molecule has 1 aliphatic rings. The maximum Gasteiger partial charge on any atom is 0.119 e. The van der Waals surface area contributed by atoms with Crippen molar-refractivity contribution in [3.63, 3.8) is 0 Å². The fraction of sp³-hybridized carbons (Fsp3) is 0.625. The Hall–Kier alpha value is -1.06. The van der Waals surface area contributed by atoms with Gasteiger partial charge in [-0.1, -0.05) is 37.8 Å². The largest absolute Gasteiger partial charge is 0.494 e. The van der Waals surface area contributed by atoms with Crippen molar-refractivity contribution in [2.24, 2.45) is 11.8 Å². The van der Waals surface area contributed by atoms with Crippen LogP contribution in [0.2, 0.25) is 0 Å². The van der Waals surface area contributed by atoms with E-state index in [-0.39, 0.29) is 6.04 Å². The Morgan fingerprint density at radius 2 is 2.16 bits per heavy atom. The lowest BCUT2D eigenvalue weighted by atomic mass is 9.95. The second kappa shape index (κ2) is 7.51. The first-order chi connectivity index (χ1) is 9.33. The van der Waals surface area contributed by atoms with Crippen LogP contribution in [0.1, 0.15) is 57.1 Å². The molecule has 0 spiro atoms. The third-order valence-electron chi connectivity index (χ3n) is 4.11. The number of nitrogens with one attached hydrogen (secondary N) is 1. The molecule has 0 saturated heterocycles. The van der Waals surface area contributed by atoms with Gasteiger partial charge in [0.2, 0.25) is 0 Å². The number of hydrazine groups is 1. The highest BCUT2D eigenvalue weighted by molar-refractivity contribution is 5.30. The Labute approximate surface area is 116 Å². The minimum atomic E-state index is 0.237. The molecule has 0 amide bonds. The van der Waals surface area contributed by atoms with E-state index in [9.17, 15) is 0 Å². The van der Waals surface area contributed by atoms with E-state index in [1.165, 1.54) is 37.7 Å². The zero-order valence-electron chi connectivity index (χ0n) is 11.9. The Bertz CT molecular complexity index is 375. The van der Waals surface area contributed by atoms with Crippen molar-refractivity contribution < 1.29 is 4.74 Å². The Balaban J connectivity index is 1.93. The highest BCUT2D eigenvalue weighted by Crippen LogP contribution is 2.31. The average molecular weight is 262 g/mol. The molecular formula is C16H26N2O. The molecule has 0 heterocycles. The van der Waals surface area contributed by atoms with Gasteiger partial charge in [-0.25, -0.2) is 0 Å². The molecule has 0 aromatic heterocycles. The lowest BCUT2D eigenvalue weighted by Crippen LogP contribution is -2.28. The van der Waals surface area contributed by atoms with Crippen LogP contribution in [0.25, 0.3) is 0 Å². The normalized spacial score (nSPS) is 17.6. The Morgan fingerprint density at radius 3 is 2.84 bits per heavy atom. The minimum Gasteiger partial charge on any atom is -0.494 e. The molecular weight excluding hydrogens is 236 g/mol. The summed E-state index contributed by atoms with van der Waals surface area (Å²) in [6.45, 7) is 2.71. The monoisotopic (exact) mass is 262 g/mol. The van der Waals surface area contributed by atoms with E-state index in [0.717, 1.165) is 18.1 Å². The minimum absolute atomic E-state index is 0.237. The van der Waals surface area contributed by atoms with Crippen LogP contribution in [-0.2, 0) is 0 Å². The van der Waals surface area contributed by atoms with Gasteiger partial charge in [-0.3, -0.25) is 11.3 Å². The van der Waals surface area contributed by atoms with Gasteiger partial charge in [-0.15, -0.1) is 0 Å². The van der Waals surface area contributed by atoms with Crippen LogP contribution in [0.4, 0.5) is 0 Å². The smallest absolute Gasteiger partial charge is 0.119 e. The quantitative estimate of drug-likeness (QED) is 0.583. The Morgan fingerprint density at radius 1 is 1.37 bits per heavy atom.